The minimum absolute atomic E-state index is 0.00179. The lowest BCUT2D eigenvalue weighted by molar-refractivity contribution is -0.113. The van der Waals surface area contributed by atoms with E-state index in [1.807, 2.05) is 12.1 Å². The van der Waals surface area contributed by atoms with Gasteiger partial charge >= 0.3 is 0 Å². The third-order valence-electron chi connectivity index (χ3n) is 4.32. The molecule has 0 aliphatic carbocycles. The molecule has 1 saturated heterocycles. The number of aryl methyl sites for hydroxylation is 1. The van der Waals surface area contributed by atoms with Gasteiger partial charge in [-0.15, -0.1) is 23.1 Å². The van der Waals surface area contributed by atoms with Crippen LogP contribution in [0.15, 0.2) is 34.5 Å². The number of rotatable bonds is 6. The molecule has 0 saturated carbocycles. The molecule has 1 aliphatic heterocycles. The summed E-state index contributed by atoms with van der Waals surface area (Å²) in [6.45, 7) is 7.55. The van der Waals surface area contributed by atoms with Crippen LogP contribution in [0.4, 0.5) is 5.13 Å². The van der Waals surface area contributed by atoms with Crippen molar-refractivity contribution in [3.8, 4) is 0 Å². The second-order valence-corrected chi connectivity index (χ2v) is 8.68. The van der Waals surface area contributed by atoms with Gasteiger partial charge in [-0.1, -0.05) is 24.6 Å². The minimum atomic E-state index is -0.00179. The summed E-state index contributed by atoms with van der Waals surface area (Å²) in [5, 5.41) is 5.68. The number of hydrogen-bond acceptors (Lipinski definition) is 5. The zero-order chi connectivity index (χ0) is 17.6. The number of hydrogen-bond donors (Lipinski definition) is 1. The third-order valence-corrected chi connectivity index (χ3v) is 6.13. The van der Waals surface area contributed by atoms with Gasteiger partial charge in [-0.05, 0) is 44.4 Å². The number of benzene rings is 1. The lowest BCUT2D eigenvalue weighted by Gasteiger charge is -2.30. The average molecular weight is 376 g/mol. The van der Waals surface area contributed by atoms with Crippen LogP contribution >= 0.6 is 23.1 Å². The SMILES string of the molecule is Cc1ccc(SCC(=O)Nc2nc(CN3CCCC(C)C3)cs2)cc1. The molecule has 4 nitrogen and oxygen atoms in total. The second kappa shape index (κ2) is 8.83. The number of amides is 1. The maximum Gasteiger partial charge on any atom is 0.236 e. The van der Waals surface area contributed by atoms with E-state index in [0.29, 0.717) is 10.9 Å². The lowest BCUT2D eigenvalue weighted by atomic mass is 10.0. The molecule has 1 atom stereocenters. The van der Waals surface area contributed by atoms with Crippen LogP contribution in [0.3, 0.4) is 0 Å². The van der Waals surface area contributed by atoms with Crippen molar-refractivity contribution in [1.82, 2.24) is 9.88 Å². The molecule has 0 radical (unpaired) electrons. The number of nitrogens with one attached hydrogen (secondary N) is 1. The van der Waals surface area contributed by atoms with Crippen molar-refractivity contribution in [2.24, 2.45) is 5.92 Å². The van der Waals surface area contributed by atoms with Crippen molar-refractivity contribution < 1.29 is 4.79 Å². The molecule has 25 heavy (non-hydrogen) atoms. The maximum absolute atomic E-state index is 12.1. The summed E-state index contributed by atoms with van der Waals surface area (Å²) in [5.41, 5.74) is 2.29. The van der Waals surface area contributed by atoms with Crippen molar-refractivity contribution in [2.45, 2.75) is 38.1 Å². The van der Waals surface area contributed by atoms with Gasteiger partial charge in [0.25, 0.3) is 0 Å². The van der Waals surface area contributed by atoms with Gasteiger partial charge in [0, 0.05) is 23.4 Å². The molecule has 1 aromatic heterocycles. The van der Waals surface area contributed by atoms with Gasteiger partial charge in [0.15, 0.2) is 5.13 Å². The van der Waals surface area contributed by atoms with E-state index < -0.39 is 0 Å². The predicted octanol–water partition coefficient (Wildman–Crippen LogP) is 4.41. The van der Waals surface area contributed by atoms with E-state index in [4.69, 9.17) is 0 Å². The van der Waals surface area contributed by atoms with Crippen molar-refractivity contribution in [2.75, 3.05) is 24.2 Å². The standard InChI is InChI=1S/C19H25N3OS2/c1-14-5-7-17(8-6-14)24-13-18(23)21-19-20-16(12-25-19)11-22-9-3-4-15(2)10-22/h5-8,12,15H,3-4,9-11,13H2,1-2H3,(H,20,21,23). The Morgan fingerprint density at radius 2 is 2.20 bits per heavy atom. The van der Waals surface area contributed by atoms with E-state index in [1.54, 1.807) is 11.8 Å². The van der Waals surface area contributed by atoms with E-state index in [1.165, 1.54) is 29.7 Å². The largest absolute Gasteiger partial charge is 0.301 e. The number of carbonyl (C=O) groups is 1. The Morgan fingerprint density at radius 3 is 2.96 bits per heavy atom. The van der Waals surface area contributed by atoms with Crippen LogP contribution in [-0.4, -0.2) is 34.6 Å². The van der Waals surface area contributed by atoms with Crippen LogP contribution in [0.2, 0.25) is 0 Å². The van der Waals surface area contributed by atoms with Crippen molar-refractivity contribution in [3.05, 3.63) is 40.9 Å². The first-order valence-corrected chi connectivity index (χ1v) is 10.6. The van der Waals surface area contributed by atoms with Gasteiger partial charge in [0.2, 0.25) is 5.91 Å². The molecule has 0 spiro atoms. The summed E-state index contributed by atoms with van der Waals surface area (Å²) in [5.74, 6) is 1.17. The number of nitrogens with zero attached hydrogens (tertiary/aromatic N) is 2. The summed E-state index contributed by atoms with van der Waals surface area (Å²) >= 11 is 3.06. The maximum atomic E-state index is 12.1. The molecular weight excluding hydrogens is 350 g/mol. The first-order chi connectivity index (χ1) is 12.1. The fourth-order valence-corrected chi connectivity index (χ4v) is 4.45. The summed E-state index contributed by atoms with van der Waals surface area (Å²) < 4.78 is 0. The molecule has 1 aliphatic rings. The highest BCUT2D eigenvalue weighted by atomic mass is 32.2. The molecule has 1 N–H and O–H groups in total. The van der Waals surface area contributed by atoms with E-state index in [9.17, 15) is 4.79 Å². The van der Waals surface area contributed by atoms with Crippen molar-refractivity contribution >= 4 is 34.1 Å². The molecule has 2 aromatic rings. The predicted molar refractivity (Wildman–Crippen MR) is 106 cm³/mol. The molecule has 1 amide bonds. The molecule has 0 bridgehead atoms. The Kier molecular flexibility index (Phi) is 6.51. The first-order valence-electron chi connectivity index (χ1n) is 8.74. The van der Waals surface area contributed by atoms with Crippen molar-refractivity contribution in [1.29, 1.82) is 0 Å². The first kappa shape index (κ1) is 18.4. The Balaban J connectivity index is 1.45. The van der Waals surface area contributed by atoms with Gasteiger partial charge in [-0.25, -0.2) is 4.98 Å². The number of aromatic nitrogens is 1. The summed E-state index contributed by atoms with van der Waals surface area (Å²) in [7, 11) is 0. The highest BCUT2D eigenvalue weighted by Crippen LogP contribution is 2.22. The molecule has 3 rings (SSSR count). The van der Waals surface area contributed by atoms with E-state index in [-0.39, 0.29) is 5.91 Å². The topological polar surface area (TPSA) is 45.2 Å². The summed E-state index contributed by atoms with van der Waals surface area (Å²) in [6.07, 6.45) is 2.60. The van der Waals surface area contributed by atoms with E-state index >= 15 is 0 Å². The van der Waals surface area contributed by atoms with Gasteiger partial charge in [-0.3, -0.25) is 9.69 Å². The number of likely N-dealkylation sites (tertiary alicyclic amines) is 1. The number of anilines is 1. The Labute approximate surface area is 158 Å². The highest BCUT2D eigenvalue weighted by molar-refractivity contribution is 8.00. The minimum Gasteiger partial charge on any atom is -0.301 e. The highest BCUT2D eigenvalue weighted by Gasteiger charge is 2.17. The monoisotopic (exact) mass is 375 g/mol. The van der Waals surface area contributed by atoms with E-state index in [0.717, 1.165) is 36.1 Å². The molecule has 1 aromatic carbocycles. The normalized spacial score (nSPS) is 18.2. The summed E-state index contributed by atoms with van der Waals surface area (Å²) in [4.78, 5) is 20.3. The van der Waals surface area contributed by atoms with Gasteiger partial charge in [0.1, 0.15) is 0 Å². The van der Waals surface area contributed by atoms with Crippen LogP contribution in [0.25, 0.3) is 0 Å². The Hall–Kier alpha value is -1.37. The van der Waals surface area contributed by atoms with E-state index in [2.05, 4.69) is 46.6 Å². The quantitative estimate of drug-likeness (QED) is 0.760. The molecule has 1 fully saturated rings. The zero-order valence-corrected chi connectivity index (χ0v) is 16.5. The van der Waals surface area contributed by atoms with Crippen LogP contribution in [0.1, 0.15) is 31.0 Å². The van der Waals surface area contributed by atoms with Gasteiger partial charge in [-0.2, -0.15) is 0 Å². The molecule has 2 heterocycles. The molecule has 134 valence electrons. The third kappa shape index (κ3) is 5.83. The zero-order valence-electron chi connectivity index (χ0n) is 14.8. The smallest absolute Gasteiger partial charge is 0.236 e. The number of piperidine rings is 1. The number of thiazole rings is 1. The second-order valence-electron chi connectivity index (χ2n) is 6.78. The van der Waals surface area contributed by atoms with Crippen LogP contribution in [0.5, 0.6) is 0 Å². The number of carbonyl (C=O) groups excluding carboxylic acids is 1. The fourth-order valence-electron chi connectivity index (χ4n) is 3.04. The molecule has 6 heteroatoms. The Bertz CT molecular complexity index is 699. The lowest BCUT2D eigenvalue weighted by Crippen LogP contribution is -2.33. The van der Waals surface area contributed by atoms with Gasteiger partial charge in [0.05, 0.1) is 11.4 Å². The fraction of sp³-hybridized carbons (Fsp3) is 0.474. The van der Waals surface area contributed by atoms with Crippen LogP contribution in [-0.2, 0) is 11.3 Å². The molecule has 1 unspecified atom stereocenters. The van der Waals surface area contributed by atoms with Gasteiger partial charge < -0.3 is 5.32 Å². The van der Waals surface area contributed by atoms with Crippen molar-refractivity contribution in [3.63, 3.8) is 0 Å². The summed E-state index contributed by atoms with van der Waals surface area (Å²) in [6, 6.07) is 8.23. The number of thioether (sulfide) groups is 1. The molecular formula is C19H25N3OS2. The van der Waals surface area contributed by atoms with Crippen LogP contribution in [0, 0.1) is 12.8 Å². The average Bonchev–Trinajstić information content (AvgIpc) is 3.01. The Morgan fingerprint density at radius 1 is 1.40 bits per heavy atom. The van der Waals surface area contributed by atoms with Crippen LogP contribution < -0.4 is 5.32 Å².